The molecule has 1 N–H and O–H groups in total. The number of likely N-dealkylation sites (tertiary alicyclic amines) is 1. The highest BCUT2D eigenvalue weighted by Gasteiger charge is 2.24. The molecule has 118 valence electrons. The molecule has 3 rings (SSSR count). The fourth-order valence-electron chi connectivity index (χ4n) is 2.88. The number of hydrogen-bond donors (Lipinski definition) is 1. The van der Waals surface area contributed by atoms with Crippen LogP contribution in [0, 0.1) is 5.92 Å². The molecular formula is C16H19NO5. The van der Waals surface area contributed by atoms with Gasteiger partial charge < -0.3 is 19.5 Å². The number of ketones is 1. The summed E-state index contributed by atoms with van der Waals surface area (Å²) in [5, 5.41) is 8.97. The van der Waals surface area contributed by atoms with E-state index < -0.39 is 5.97 Å². The Bertz CT molecular complexity index is 578. The molecule has 6 nitrogen and oxygen atoms in total. The van der Waals surface area contributed by atoms with Crippen LogP contribution in [0.5, 0.6) is 11.5 Å². The maximum Gasteiger partial charge on any atom is 0.306 e. The molecule has 0 saturated carbocycles. The van der Waals surface area contributed by atoms with Gasteiger partial charge in [-0.15, -0.1) is 0 Å². The Morgan fingerprint density at radius 1 is 1.18 bits per heavy atom. The molecule has 0 unspecified atom stereocenters. The normalized spacial score (nSPS) is 18.4. The van der Waals surface area contributed by atoms with Gasteiger partial charge in [0.15, 0.2) is 17.3 Å². The lowest BCUT2D eigenvalue weighted by atomic mass is 9.97. The number of hydrogen-bond acceptors (Lipinski definition) is 5. The lowest BCUT2D eigenvalue weighted by Crippen LogP contribution is -2.37. The monoisotopic (exact) mass is 305 g/mol. The van der Waals surface area contributed by atoms with Crippen molar-refractivity contribution in [3.05, 3.63) is 23.8 Å². The summed E-state index contributed by atoms with van der Waals surface area (Å²) < 4.78 is 10.5. The van der Waals surface area contributed by atoms with Gasteiger partial charge in [-0.1, -0.05) is 0 Å². The number of rotatable bonds is 5. The van der Waals surface area contributed by atoms with Gasteiger partial charge in [0.1, 0.15) is 0 Å². The van der Waals surface area contributed by atoms with Crippen LogP contribution in [0.1, 0.15) is 29.6 Å². The number of nitrogens with zero attached hydrogens (tertiary/aromatic N) is 1. The highest BCUT2D eigenvalue weighted by Crippen LogP contribution is 2.32. The molecule has 1 saturated heterocycles. The minimum absolute atomic E-state index is 0.0682. The van der Waals surface area contributed by atoms with Crippen LogP contribution >= 0.6 is 0 Å². The van der Waals surface area contributed by atoms with Gasteiger partial charge in [-0.2, -0.15) is 0 Å². The van der Waals surface area contributed by atoms with E-state index in [9.17, 15) is 9.59 Å². The van der Waals surface area contributed by atoms with Crippen molar-refractivity contribution in [1.29, 1.82) is 0 Å². The predicted molar refractivity (Wildman–Crippen MR) is 78.3 cm³/mol. The van der Waals surface area contributed by atoms with Gasteiger partial charge in [-0.05, 0) is 44.1 Å². The van der Waals surface area contributed by atoms with Crippen LogP contribution in [0.15, 0.2) is 18.2 Å². The van der Waals surface area contributed by atoms with Crippen LogP contribution < -0.4 is 9.47 Å². The summed E-state index contributed by atoms with van der Waals surface area (Å²) in [5.41, 5.74) is 0.629. The van der Waals surface area contributed by atoms with Crippen LogP contribution in [-0.2, 0) is 4.79 Å². The van der Waals surface area contributed by atoms with E-state index in [1.807, 2.05) is 0 Å². The number of benzene rings is 1. The summed E-state index contributed by atoms with van der Waals surface area (Å²) in [4.78, 5) is 25.3. The Kier molecular flexibility index (Phi) is 4.29. The molecule has 1 aromatic rings. The van der Waals surface area contributed by atoms with Crippen molar-refractivity contribution in [3.63, 3.8) is 0 Å². The molecule has 0 radical (unpaired) electrons. The maximum absolute atomic E-state index is 12.2. The molecule has 0 atom stereocenters. The van der Waals surface area contributed by atoms with Gasteiger partial charge in [0, 0.05) is 18.5 Å². The molecule has 0 bridgehead atoms. The third kappa shape index (κ3) is 3.22. The molecule has 1 fully saturated rings. The van der Waals surface area contributed by atoms with Crippen LogP contribution in [0.3, 0.4) is 0 Å². The van der Waals surface area contributed by atoms with Crippen LogP contribution in [0.25, 0.3) is 0 Å². The zero-order valence-corrected chi connectivity index (χ0v) is 12.3. The molecule has 1 aromatic carbocycles. The van der Waals surface area contributed by atoms with Crippen molar-refractivity contribution in [2.75, 3.05) is 26.4 Å². The van der Waals surface area contributed by atoms with Crippen LogP contribution in [-0.4, -0.2) is 48.2 Å². The van der Waals surface area contributed by atoms with E-state index in [2.05, 4.69) is 4.90 Å². The second kappa shape index (κ2) is 6.36. The molecule has 2 heterocycles. The van der Waals surface area contributed by atoms with Crippen LogP contribution in [0.4, 0.5) is 0 Å². The number of aliphatic carboxylic acids is 1. The molecule has 0 spiro atoms. The van der Waals surface area contributed by atoms with Crippen molar-refractivity contribution in [3.8, 4) is 11.5 Å². The van der Waals surface area contributed by atoms with Crippen LogP contribution in [0.2, 0.25) is 0 Å². The number of carboxylic acid groups (broad SMARTS) is 1. The van der Waals surface area contributed by atoms with E-state index in [1.165, 1.54) is 0 Å². The van der Waals surface area contributed by atoms with Gasteiger partial charge in [-0.25, -0.2) is 0 Å². The van der Waals surface area contributed by atoms with E-state index >= 15 is 0 Å². The van der Waals surface area contributed by atoms with Gasteiger partial charge in [0.2, 0.25) is 6.79 Å². The summed E-state index contributed by atoms with van der Waals surface area (Å²) in [6.07, 6.45) is 1.75. The van der Waals surface area contributed by atoms with Crippen molar-refractivity contribution in [1.82, 2.24) is 4.90 Å². The Morgan fingerprint density at radius 2 is 1.91 bits per heavy atom. The molecule has 0 amide bonds. The number of fused-ring (bicyclic) bond motifs is 1. The second-order valence-corrected chi connectivity index (χ2v) is 5.70. The van der Waals surface area contributed by atoms with Crippen molar-refractivity contribution in [2.24, 2.45) is 5.92 Å². The number of piperidine rings is 1. The Hall–Kier alpha value is -2.08. The first-order valence-electron chi connectivity index (χ1n) is 7.51. The predicted octanol–water partition coefficient (Wildman–Crippen LogP) is 1.78. The Morgan fingerprint density at radius 3 is 2.64 bits per heavy atom. The molecule has 22 heavy (non-hydrogen) atoms. The minimum atomic E-state index is -0.712. The third-order valence-electron chi connectivity index (χ3n) is 4.29. The fraction of sp³-hybridized carbons (Fsp3) is 0.500. The number of carbonyl (C=O) groups is 2. The lowest BCUT2D eigenvalue weighted by molar-refractivity contribution is -0.143. The molecule has 2 aliphatic heterocycles. The van der Waals surface area contributed by atoms with E-state index in [0.717, 1.165) is 13.1 Å². The topological polar surface area (TPSA) is 76.1 Å². The first kappa shape index (κ1) is 14.8. The zero-order chi connectivity index (χ0) is 15.5. The first-order chi connectivity index (χ1) is 10.6. The highest BCUT2D eigenvalue weighted by molar-refractivity contribution is 5.96. The fourth-order valence-corrected chi connectivity index (χ4v) is 2.88. The minimum Gasteiger partial charge on any atom is -0.481 e. The molecular weight excluding hydrogens is 286 g/mol. The average Bonchev–Trinajstić information content (AvgIpc) is 3.00. The first-order valence-corrected chi connectivity index (χ1v) is 7.51. The Balaban J connectivity index is 1.50. The SMILES string of the molecule is O=C(CCN1CCC(C(=O)O)CC1)c1ccc2c(c1)OCO2. The highest BCUT2D eigenvalue weighted by atomic mass is 16.7. The maximum atomic E-state index is 12.2. The Labute approximate surface area is 128 Å². The average molecular weight is 305 g/mol. The quantitative estimate of drug-likeness (QED) is 0.836. The third-order valence-corrected chi connectivity index (χ3v) is 4.29. The number of ether oxygens (including phenoxy) is 2. The summed E-state index contributed by atoms with van der Waals surface area (Å²) >= 11 is 0. The van der Waals surface area contributed by atoms with E-state index in [-0.39, 0.29) is 18.5 Å². The second-order valence-electron chi connectivity index (χ2n) is 5.70. The summed E-state index contributed by atoms with van der Waals surface area (Å²) in [7, 11) is 0. The van der Waals surface area contributed by atoms with E-state index in [4.69, 9.17) is 14.6 Å². The molecule has 0 aliphatic carbocycles. The van der Waals surface area contributed by atoms with E-state index in [0.29, 0.717) is 42.9 Å². The number of carboxylic acids is 1. The summed E-state index contributed by atoms with van der Waals surface area (Å²) in [6.45, 7) is 2.35. The molecule has 2 aliphatic rings. The number of Topliss-reactive ketones (excluding diaryl/α,β-unsaturated/α-hetero) is 1. The van der Waals surface area contributed by atoms with E-state index in [1.54, 1.807) is 18.2 Å². The van der Waals surface area contributed by atoms with Gasteiger partial charge in [0.25, 0.3) is 0 Å². The van der Waals surface area contributed by atoms with Crippen molar-refractivity contribution < 1.29 is 24.2 Å². The summed E-state index contributed by atoms with van der Waals surface area (Å²) in [6, 6.07) is 5.24. The molecule has 6 heteroatoms. The van der Waals surface area contributed by atoms with Crippen molar-refractivity contribution >= 4 is 11.8 Å². The number of carbonyl (C=O) groups excluding carboxylic acids is 1. The lowest BCUT2D eigenvalue weighted by Gasteiger charge is -2.29. The largest absolute Gasteiger partial charge is 0.481 e. The standard InChI is InChI=1S/C16H19NO5/c18-13(12-1-2-14-15(9-12)22-10-21-14)5-8-17-6-3-11(4-7-17)16(19)20/h1-2,9,11H,3-8,10H2,(H,19,20). The van der Waals surface area contributed by atoms with Gasteiger partial charge >= 0.3 is 5.97 Å². The summed E-state index contributed by atoms with van der Waals surface area (Å²) in [5.74, 6) is 0.413. The van der Waals surface area contributed by atoms with Gasteiger partial charge in [-0.3, -0.25) is 9.59 Å². The smallest absolute Gasteiger partial charge is 0.306 e. The zero-order valence-electron chi connectivity index (χ0n) is 12.3. The van der Waals surface area contributed by atoms with Gasteiger partial charge in [0.05, 0.1) is 5.92 Å². The molecule has 0 aromatic heterocycles. The van der Waals surface area contributed by atoms with Crippen molar-refractivity contribution in [2.45, 2.75) is 19.3 Å².